The number of nitrogens with zero attached hydrogens (tertiary/aromatic N) is 2. The van der Waals surface area contributed by atoms with Crippen molar-refractivity contribution in [3.63, 3.8) is 0 Å². The van der Waals surface area contributed by atoms with Crippen LogP contribution in [-0.4, -0.2) is 9.55 Å². The molecular formula is C13H18N2. The number of rotatable bonds is 2. The number of pyridine rings is 1. The lowest BCUT2D eigenvalue weighted by Gasteiger charge is -2.07. The lowest BCUT2D eigenvalue weighted by Crippen LogP contribution is -1.99. The van der Waals surface area contributed by atoms with Crippen LogP contribution < -0.4 is 0 Å². The van der Waals surface area contributed by atoms with Crippen molar-refractivity contribution in [1.82, 2.24) is 9.55 Å². The Bertz CT molecular complexity index is 424. The molecule has 15 heavy (non-hydrogen) atoms. The highest BCUT2D eigenvalue weighted by Crippen LogP contribution is 2.28. The molecule has 0 N–H and O–H groups in total. The quantitative estimate of drug-likeness (QED) is 0.725. The smallest absolute Gasteiger partial charge is 0.140 e. The molecule has 0 radical (unpaired) electrons. The van der Waals surface area contributed by atoms with E-state index in [9.17, 15) is 0 Å². The van der Waals surface area contributed by atoms with Crippen LogP contribution in [0.15, 0.2) is 24.5 Å². The molecule has 0 atom stereocenters. The molecule has 0 aliphatic rings. The summed E-state index contributed by atoms with van der Waals surface area (Å²) in [6, 6.07) is 4.64. The summed E-state index contributed by atoms with van der Waals surface area (Å²) in [6.45, 7) is 8.84. The van der Waals surface area contributed by atoms with Crippen LogP contribution >= 0.6 is 0 Å². The monoisotopic (exact) mass is 202 g/mol. The third-order valence-electron chi connectivity index (χ3n) is 2.80. The molecule has 2 aromatic heterocycles. The number of hydrogen-bond donors (Lipinski definition) is 0. The standard InChI is InChI=1S/C13H18N2/c1-9(2)12-8-15(10(3)4)13-11(12)6-5-7-14-13/h5-10H,1-4H3. The van der Waals surface area contributed by atoms with E-state index in [0.717, 1.165) is 5.65 Å². The summed E-state index contributed by atoms with van der Waals surface area (Å²) in [5.41, 5.74) is 2.50. The predicted octanol–water partition coefficient (Wildman–Crippen LogP) is 3.74. The van der Waals surface area contributed by atoms with E-state index in [0.29, 0.717) is 12.0 Å². The average Bonchev–Trinajstić information content (AvgIpc) is 2.56. The molecule has 2 heterocycles. The normalized spacial score (nSPS) is 11.9. The first-order valence-corrected chi connectivity index (χ1v) is 5.56. The molecular weight excluding hydrogens is 184 g/mol. The van der Waals surface area contributed by atoms with Crippen LogP contribution in [0.2, 0.25) is 0 Å². The molecule has 0 saturated heterocycles. The third kappa shape index (κ3) is 1.65. The van der Waals surface area contributed by atoms with Crippen LogP contribution in [0.4, 0.5) is 0 Å². The van der Waals surface area contributed by atoms with Crippen molar-refractivity contribution in [2.75, 3.05) is 0 Å². The van der Waals surface area contributed by atoms with Crippen molar-refractivity contribution < 1.29 is 0 Å². The van der Waals surface area contributed by atoms with E-state index >= 15 is 0 Å². The summed E-state index contributed by atoms with van der Waals surface area (Å²) in [4.78, 5) is 4.47. The number of fused-ring (bicyclic) bond motifs is 1. The van der Waals surface area contributed by atoms with Gasteiger partial charge in [0.1, 0.15) is 5.65 Å². The van der Waals surface area contributed by atoms with Crippen molar-refractivity contribution >= 4 is 11.0 Å². The molecule has 0 bridgehead atoms. The van der Waals surface area contributed by atoms with Crippen LogP contribution in [0.1, 0.15) is 45.2 Å². The van der Waals surface area contributed by atoms with Crippen molar-refractivity contribution in [2.24, 2.45) is 0 Å². The van der Waals surface area contributed by atoms with Crippen LogP contribution in [-0.2, 0) is 0 Å². The van der Waals surface area contributed by atoms with Gasteiger partial charge in [0.05, 0.1) is 0 Å². The van der Waals surface area contributed by atoms with Crippen molar-refractivity contribution in [1.29, 1.82) is 0 Å². The minimum Gasteiger partial charge on any atom is -0.330 e. The highest BCUT2D eigenvalue weighted by Gasteiger charge is 2.12. The van der Waals surface area contributed by atoms with E-state index < -0.39 is 0 Å². The first kappa shape index (κ1) is 10.2. The zero-order chi connectivity index (χ0) is 11.0. The molecule has 0 aliphatic heterocycles. The minimum absolute atomic E-state index is 0.467. The molecule has 2 rings (SSSR count). The summed E-state index contributed by atoms with van der Waals surface area (Å²) >= 11 is 0. The molecule has 2 heteroatoms. The molecule has 0 aliphatic carbocycles. The van der Waals surface area contributed by atoms with Crippen LogP contribution in [0.5, 0.6) is 0 Å². The van der Waals surface area contributed by atoms with E-state index in [4.69, 9.17) is 0 Å². The highest BCUT2D eigenvalue weighted by molar-refractivity contribution is 5.81. The van der Waals surface area contributed by atoms with Gasteiger partial charge in [-0.15, -0.1) is 0 Å². The molecule has 0 amide bonds. The average molecular weight is 202 g/mol. The van der Waals surface area contributed by atoms with E-state index in [2.05, 4.69) is 49.5 Å². The third-order valence-corrected chi connectivity index (χ3v) is 2.80. The molecule has 2 aromatic rings. The van der Waals surface area contributed by atoms with E-state index in [1.807, 2.05) is 12.3 Å². The molecule has 80 valence electrons. The number of aromatic nitrogens is 2. The lowest BCUT2D eigenvalue weighted by atomic mass is 10.0. The van der Waals surface area contributed by atoms with Gasteiger partial charge >= 0.3 is 0 Å². The maximum atomic E-state index is 4.47. The van der Waals surface area contributed by atoms with E-state index in [-0.39, 0.29) is 0 Å². The Morgan fingerprint density at radius 2 is 1.93 bits per heavy atom. The largest absolute Gasteiger partial charge is 0.330 e. The van der Waals surface area contributed by atoms with Gasteiger partial charge in [-0.1, -0.05) is 13.8 Å². The molecule has 0 aromatic carbocycles. The first-order chi connectivity index (χ1) is 7.11. The Kier molecular flexibility index (Phi) is 2.51. The summed E-state index contributed by atoms with van der Waals surface area (Å²) in [5, 5.41) is 1.29. The summed E-state index contributed by atoms with van der Waals surface area (Å²) in [5.74, 6) is 0.552. The Hall–Kier alpha value is -1.31. The highest BCUT2D eigenvalue weighted by atomic mass is 15.0. The van der Waals surface area contributed by atoms with Gasteiger partial charge in [-0.2, -0.15) is 0 Å². The Morgan fingerprint density at radius 1 is 1.20 bits per heavy atom. The first-order valence-electron chi connectivity index (χ1n) is 5.56. The fourth-order valence-corrected chi connectivity index (χ4v) is 1.96. The second-order valence-electron chi connectivity index (χ2n) is 4.61. The number of hydrogen-bond acceptors (Lipinski definition) is 1. The summed E-state index contributed by atoms with van der Waals surface area (Å²) in [6.07, 6.45) is 4.11. The maximum absolute atomic E-state index is 4.47. The molecule has 0 fully saturated rings. The van der Waals surface area contributed by atoms with Gasteiger partial charge in [-0.05, 0) is 37.5 Å². The van der Waals surface area contributed by atoms with Crippen molar-refractivity contribution in [3.8, 4) is 0 Å². The molecule has 2 nitrogen and oxygen atoms in total. The fourth-order valence-electron chi connectivity index (χ4n) is 1.96. The van der Waals surface area contributed by atoms with Gasteiger partial charge < -0.3 is 4.57 Å². The maximum Gasteiger partial charge on any atom is 0.140 e. The van der Waals surface area contributed by atoms with Crippen molar-refractivity contribution in [3.05, 3.63) is 30.1 Å². The van der Waals surface area contributed by atoms with Crippen molar-refractivity contribution in [2.45, 2.75) is 39.7 Å². The summed E-state index contributed by atoms with van der Waals surface area (Å²) in [7, 11) is 0. The van der Waals surface area contributed by atoms with Crippen LogP contribution in [0.3, 0.4) is 0 Å². The van der Waals surface area contributed by atoms with Gasteiger partial charge in [-0.3, -0.25) is 0 Å². The van der Waals surface area contributed by atoms with Gasteiger partial charge in [0.25, 0.3) is 0 Å². The Labute approximate surface area is 90.9 Å². The SMILES string of the molecule is CC(C)c1cn(C(C)C)c2ncccc12. The minimum atomic E-state index is 0.467. The van der Waals surface area contributed by atoms with Gasteiger partial charge in [0.2, 0.25) is 0 Å². The molecule has 0 spiro atoms. The Balaban J connectivity index is 2.73. The zero-order valence-corrected chi connectivity index (χ0v) is 9.86. The topological polar surface area (TPSA) is 17.8 Å². The Morgan fingerprint density at radius 3 is 2.53 bits per heavy atom. The van der Waals surface area contributed by atoms with Gasteiger partial charge in [0.15, 0.2) is 0 Å². The second-order valence-corrected chi connectivity index (χ2v) is 4.61. The van der Waals surface area contributed by atoms with Gasteiger partial charge in [0, 0.05) is 23.8 Å². The molecule has 0 saturated carbocycles. The van der Waals surface area contributed by atoms with E-state index in [1.165, 1.54) is 10.9 Å². The fraction of sp³-hybridized carbons (Fsp3) is 0.462. The predicted molar refractivity (Wildman–Crippen MR) is 64.2 cm³/mol. The zero-order valence-electron chi connectivity index (χ0n) is 9.86. The van der Waals surface area contributed by atoms with Crippen LogP contribution in [0.25, 0.3) is 11.0 Å². The van der Waals surface area contributed by atoms with Gasteiger partial charge in [-0.25, -0.2) is 4.98 Å². The van der Waals surface area contributed by atoms with E-state index in [1.54, 1.807) is 0 Å². The summed E-state index contributed by atoms with van der Waals surface area (Å²) < 4.78 is 2.25. The molecule has 0 unspecified atom stereocenters. The second kappa shape index (κ2) is 3.69. The lowest BCUT2D eigenvalue weighted by molar-refractivity contribution is 0.614. The van der Waals surface area contributed by atoms with Crippen LogP contribution in [0, 0.1) is 0 Å².